The Hall–Kier alpha value is -1.32. The van der Waals surface area contributed by atoms with Gasteiger partial charge in [0.2, 0.25) is 0 Å². The molecule has 0 spiro atoms. The molecule has 0 aliphatic carbocycles. The fourth-order valence-corrected chi connectivity index (χ4v) is 3.71. The van der Waals surface area contributed by atoms with Crippen LogP contribution in [0.25, 0.3) is 0 Å². The summed E-state index contributed by atoms with van der Waals surface area (Å²) in [6, 6.07) is 5.50. The molecule has 2 aromatic rings. The van der Waals surface area contributed by atoms with Crippen molar-refractivity contribution in [3.05, 3.63) is 41.4 Å². The van der Waals surface area contributed by atoms with E-state index in [2.05, 4.69) is 25.7 Å². The molecule has 1 aliphatic heterocycles. The predicted molar refractivity (Wildman–Crippen MR) is 116 cm³/mol. The molecule has 1 fully saturated rings. The molecule has 1 aliphatic rings. The summed E-state index contributed by atoms with van der Waals surface area (Å²) in [6.45, 7) is 7.81. The molecule has 0 bridgehead atoms. The molecule has 3 rings (SSSR count). The van der Waals surface area contributed by atoms with Crippen molar-refractivity contribution in [3.8, 4) is 0 Å². The standard InChI is InChI=1S/C18H25N5O2S.2ClH/c1-14-12-15(22-25-14)13-26-18-16(4-2-5-21-18)17(24)20-6-3-9-23-10-7-19-8-11-23;;/h2,4-5,12,19H,3,6-11,13H2,1H3,(H,20,24);2*1H. The van der Waals surface area contributed by atoms with Crippen LogP contribution in [0.3, 0.4) is 0 Å². The van der Waals surface area contributed by atoms with E-state index in [9.17, 15) is 4.79 Å². The highest BCUT2D eigenvalue weighted by atomic mass is 35.5. The molecule has 0 radical (unpaired) electrons. The number of thioether (sulfide) groups is 1. The van der Waals surface area contributed by atoms with Crippen molar-refractivity contribution in [3.63, 3.8) is 0 Å². The van der Waals surface area contributed by atoms with Crippen LogP contribution in [0.4, 0.5) is 0 Å². The summed E-state index contributed by atoms with van der Waals surface area (Å²) in [5, 5.41) is 11.1. The molecule has 2 aromatic heterocycles. The van der Waals surface area contributed by atoms with Gasteiger partial charge in [-0.25, -0.2) is 4.98 Å². The summed E-state index contributed by atoms with van der Waals surface area (Å²) < 4.78 is 5.08. The Balaban J connectivity index is 0.00000196. The fraction of sp³-hybridized carbons (Fsp3) is 0.500. The number of piperazine rings is 1. The van der Waals surface area contributed by atoms with Crippen molar-refractivity contribution in [1.82, 2.24) is 25.7 Å². The largest absolute Gasteiger partial charge is 0.361 e. The first-order chi connectivity index (χ1) is 12.7. The summed E-state index contributed by atoms with van der Waals surface area (Å²) >= 11 is 1.49. The number of carbonyl (C=O) groups excluding carboxylic acids is 1. The topological polar surface area (TPSA) is 83.3 Å². The minimum atomic E-state index is -0.0720. The van der Waals surface area contributed by atoms with Crippen molar-refractivity contribution < 1.29 is 9.32 Å². The number of nitrogens with one attached hydrogen (secondary N) is 2. The van der Waals surface area contributed by atoms with Crippen LogP contribution in [0.1, 0.15) is 28.2 Å². The lowest BCUT2D eigenvalue weighted by Crippen LogP contribution is -2.44. The van der Waals surface area contributed by atoms with Gasteiger partial charge in [0.15, 0.2) is 0 Å². The Morgan fingerprint density at radius 1 is 1.36 bits per heavy atom. The van der Waals surface area contributed by atoms with Crippen LogP contribution >= 0.6 is 36.6 Å². The predicted octanol–water partition coefficient (Wildman–Crippen LogP) is 2.54. The van der Waals surface area contributed by atoms with Gasteiger partial charge in [0, 0.05) is 50.7 Å². The molecule has 3 heterocycles. The maximum atomic E-state index is 12.5. The van der Waals surface area contributed by atoms with Gasteiger partial charge in [-0.3, -0.25) is 4.79 Å². The van der Waals surface area contributed by atoms with Crippen molar-refractivity contribution in [2.45, 2.75) is 24.1 Å². The fourth-order valence-electron chi connectivity index (χ4n) is 2.84. The summed E-state index contributed by atoms with van der Waals surface area (Å²) in [6.07, 6.45) is 2.66. The third-order valence-corrected chi connectivity index (χ3v) is 5.23. The van der Waals surface area contributed by atoms with Crippen molar-refractivity contribution in [1.29, 1.82) is 0 Å². The van der Waals surface area contributed by atoms with E-state index in [1.54, 1.807) is 12.3 Å². The minimum Gasteiger partial charge on any atom is -0.361 e. The summed E-state index contributed by atoms with van der Waals surface area (Å²) in [4.78, 5) is 19.3. The van der Waals surface area contributed by atoms with Crippen LogP contribution in [-0.4, -0.2) is 60.2 Å². The summed E-state index contributed by atoms with van der Waals surface area (Å²) in [5.74, 6) is 1.33. The number of carbonyl (C=O) groups is 1. The molecular formula is C18H27Cl2N5O2S. The SMILES string of the molecule is Cc1cc(CSc2ncccc2C(=O)NCCCN2CCNCC2)no1.Cl.Cl. The van der Waals surface area contributed by atoms with Gasteiger partial charge in [-0.05, 0) is 32.0 Å². The summed E-state index contributed by atoms with van der Waals surface area (Å²) in [7, 11) is 0. The third kappa shape index (κ3) is 7.60. The van der Waals surface area contributed by atoms with E-state index in [0.717, 1.165) is 50.6 Å². The molecule has 28 heavy (non-hydrogen) atoms. The maximum Gasteiger partial charge on any atom is 0.254 e. The van der Waals surface area contributed by atoms with Crippen molar-refractivity contribution in [2.24, 2.45) is 0 Å². The number of rotatable bonds is 8. The molecule has 1 saturated heterocycles. The molecule has 0 aromatic carbocycles. The number of pyridine rings is 1. The van der Waals surface area contributed by atoms with Crippen LogP contribution in [-0.2, 0) is 5.75 Å². The van der Waals surface area contributed by atoms with E-state index >= 15 is 0 Å². The molecule has 10 heteroatoms. The van der Waals surface area contributed by atoms with Crippen LogP contribution < -0.4 is 10.6 Å². The van der Waals surface area contributed by atoms with Gasteiger partial charge in [-0.2, -0.15) is 0 Å². The number of hydrogen-bond donors (Lipinski definition) is 2. The van der Waals surface area contributed by atoms with Gasteiger partial charge in [0.05, 0.1) is 11.3 Å². The Morgan fingerprint density at radius 2 is 2.14 bits per heavy atom. The van der Waals surface area contributed by atoms with Gasteiger partial charge in [0.25, 0.3) is 5.91 Å². The Kier molecular flexibility index (Phi) is 11.5. The second-order valence-electron chi connectivity index (χ2n) is 6.27. The molecule has 0 atom stereocenters. The van der Waals surface area contributed by atoms with E-state index in [1.807, 2.05) is 19.1 Å². The van der Waals surface area contributed by atoms with Crippen LogP contribution in [0.15, 0.2) is 33.9 Å². The second-order valence-corrected chi connectivity index (χ2v) is 7.24. The first kappa shape index (κ1) is 24.7. The van der Waals surface area contributed by atoms with E-state index in [4.69, 9.17) is 4.52 Å². The van der Waals surface area contributed by atoms with Gasteiger partial charge in [0.1, 0.15) is 10.8 Å². The molecular weight excluding hydrogens is 421 g/mol. The lowest BCUT2D eigenvalue weighted by Gasteiger charge is -2.27. The van der Waals surface area contributed by atoms with Crippen LogP contribution in [0.2, 0.25) is 0 Å². The molecule has 7 nitrogen and oxygen atoms in total. The minimum absolute atomic E-state index is 0. The number of nitrogens with zero attached hydrogens (tertiary/aromatic N) is 3. The second kappa shape index (κ2) is 13.0. The van der Waals surface area contributed by atoms with Gasteiger partial charge in [-0.15, -0.1) is 24.8 Å². The Labute approximate surface area is 182 Å². The zero-order valence-corrected chi connectivity index (χ0v) is 18.3. The van der Waals surface area contributed by atoms with Gasteiger partial charge in [-0.1, -0.05) is 16.9 Å². The lowest BCUT2D eigenvalue weighted by atomic mass is 10.2. The maximum absolute atomic E-state index is 12.5. The van der Waals surface area contributed by atoms with E-state index in [1.165, 1.54) is 11.8 Å². The van der Waals surface area contributed by atoms with Crippen molar-refractivity contribution >= 4 is 42.5 Å². The zero-order chi connectivity index (χ0) is 18.2. The smallest absolute Gasteiger partial charge is 0.254 e. The van der Waals surface area contributed by atoms with E-state index in [-0.39, 0.29) is 30.7 Å². The average Bonchev–Trinajstić information content (AvgIpc) is 3.10. The number of aryl methyl sites for hydroxylation is 1. The number of hydrogen-bond acceptors (Lipinski definition) is 7. The monoisotopic (exact) mass is 447 g/mol. The first-order valence-corrected chi connectivity index (χ1v) is 9.92. The first-order valence-electron chi connectivity index (χ1n) is 8.93. The summed E-state index contributed by atoms with van der Waals surface area (Å²) in [5.41, 5.74) is 1.46. The Morgan fingerprint density at radius 3 is 2.86 bits per heavy atom. The van der Waals surface area contributed by atoms with Crippen molar-refractivity contribution in [2.75, 3.05) is 39.3 Å². The Bertz CT molecular complexity index is 726. The van der Waals surface area contributed by atoms with E-state index < -0.39 is 0 Å². The number of amides is 1. The third-order valence-electron chi connectivity index (χ3n) is 4.20. The quantitative estimate of drug-likeness (QED) is 0.474. The molecule has 1 amide bonds. The normalized spacial score (nSPS) is 14.0. The number of halogens is 2. The molecule has 0 unspecified atom stereocenters. The highest BCUT2D eigenvalue weighted by Gasteiger charge is 2.14. The highest BCUT2D eigenvalue weighted by molar-refractivity contribution is 7.98. The highest BCUT2D eigenvalue weighted by Crippen LogP contribution is 2.24. The van der Waals surface area contributed by atoms with Crippen LogP contribution in [0.5, 0.6) is 0 Å². The zero-order valence-electron chi connectivity index (χ0n) is 15.8. The lowest BCUT2D eigenvalue weighted by molar-refractivity contribution is 0.0947. The van der Waals surface area contributed by atoms with Gasteiger partial charge < -0.3 is 20.1 Å². The number of aromatic nitrogens is 2. The molecule has 2 N–H and O–H groups in total. The van der Waals surface area contributed by atoms with Crippen LogP contribution in [0, 0.1) is 6.92 Å². The average molecular weight is 448 g/mol. The molecule has 156 valence electrons. The van der Waals surface area contributed by atoms with Gasteiger partial charge >= 0.3 is 0 Å². The van der Waals surface area contributed by atoms with E-state index in [0.29, 0.717) is 22.9 Å². The molecule has 0 saturated carbocycles.